The molecule has 0 saturated carbocycles. The molecule has 0 aromatic heterocycles. The van der Waals surface area contributed by atoms with E-state index in [-0.39, 0.29) is 18.5 Å². The average molecular weight is 1040 g/mol. The first-order chi connectivity index (χ1) is 36.5. The second-order valence-electron chi connectivity index (χ2n) is 23.2. The fourth-order valence-corrected chi connectivity index (χ4v) is 10.6. The lowest BCUT2D eigenvalue weighted by atomic mass is 10.0. The van der Waals surface area contributed by atoms with Gasteiger partial charge in [0.15, 0.2) is 0 Å². The molecule has 0 saturated heterocycles. The van der Waals surface area contributed by atoms with E-state index in [2.05, 4.69) is 31.3 Å². The molecule has 438 valence electrons. The van der Waals surface area contributed by atoms with Gasteiger partial charge in [-0.2, -0.15) is 0 Å². The number of aliphatic hydroxyl groups is 2. The van der Waals surface area contributed by atoms with Crippen LogP contribution >= 0.6 is 0 Å². The quantitative estimate of drug-likeness (QED) is 0.0320. The predicted octanol–water partition coefficient (Wildman–Crippen LogP) is 21.4. The Bertz CT molecular complexity index is 1150. The van der Waals surface area contributed by atoms with Gasteiger partial charge in [0.1, 0.15) is 0 Å². The zero-order valence-electron chi connectivity index (χ0n) is 50.1. The highest BCUT2D eigenvalue weighted by Crippen LogP contribution is 2.18. The number of carbonyl (C=O) groups excluding carboxylic acids is 2. The summed E-state index contributed by atoms with van der Waals surface area (Å²) in [4.78, 5) is 24.5. The lowest BCUT2D eigenvalue weighted by molar-refractivity contribution is -0.143. The van der Waals surface area contributed by atoms with Gasteiger partial charge in [-0.15, -0.1) is 0 Å². The molecule has 0 aromatic rings. The topological polar surface area (TPSA) is 95.9 Å². The molecule has 74 heavy (non-hydrogen) atoms. The van der Waals surface area contributed by atoms with Crippen molar-refractivity contribution in [3.8, 4) is 0 Å². The maximum absolute atomic E-state index is 12.5. The minimum Gasteiger partial charge on any atom is -0.466 e. The Morgan fingerprint density at radius 1 is 0.365 bits per heavy atom. The van der Waals surface area contributed by atoms with Crippen molar-refractivity contribution in [3.05, 3.63) is 24.3 Å². The minimum absolute atomic E-state index is 0.0123. The summed E-state index contributed by atoms with van der Waals surface area (Å²) >= 11 is 0. The van der Waals surface area contributed by atoms with Gasteiger partial charge in [0.05, 0.1) is 25.4 Å². The van der Waals surface area contributed by atoms with Crippen LogP contribution in [-0.2, 0) is 14.3 Å². The highest BCUT2D eigenvalue weighted by molar-refractivity contribution is 5.76. The van der Waals surface area contributed by atoms with Crippen molar-refractivity contribution in [3.63, 3.8) is 0 Å². The summed E-state index contributed by atoms with van der Waals surface area (Å²) in [5.41, 5.74) is 0. The van der Waals surface area contributed by atoms with Crippen molar-refractivity contribution in [1.29, 1.82) is 0 Å². The normalized spacial score (nSPS) is 12.6. The highest BCUT2D eigenvalue weighted by atomic mass is 16.5. The third-order valence-electron chi connectivity index (χ3n) is 15.7. The van der Waals surface area contributed by atoms with E-state index < -0.39 is 12.1 Å². The first kappa shape index (κ1) is 72.3. The maximum Gasteiger partial charge on any atom is 0.305 e. The number of carbonyl (C=O) groups is 2. The Hall–Kier alpha value is -1.66. The molecular weight excluding hydrogens is 911 g/mol. The van der Waals surface area contributed by atoms with E-state index in [0.717, 1.165) is 44.9 Å². The van der Waals surface area contributed by atoms with Crippen LogP contribution in [-0.4, -0.2) is 47.4 Å². The van der Waals surface area contributed by atoms with Gasteiger partial charge in [-0.05, 0) is 57.8 Å². The van der Waals surface area contributed by atoms with Crippen molar-refractivity contribution < 1.29 is 24.5 Å². The van der Waals surface area contributed by atoms with Gasteiger partial charge in [0.2, 0.25) is 5.91 Å². The van der Waals surface area contributed by atoms with Crippen LogP contribution in [0.15, 0.2) is 24.3 Å². The predicted molar refractivity (Wildman–Crippen MR) is 324 cm³/mol. The molecule has 0 radical (unpaired) electrons. The number of esters is 1. The molecule has 0 fully saturated rings. The van der Waals surface area contributed by atoms with Crippen molar-refractivity contribution in [2.75, 3.05) is 13.2 Å². The van der Waals surface area contributed by atoms with Gasteiger partial charge in [0.25, 0.3) is 0 Å². The summed E-state index contributed by atoms with van der Waals surface area (Å²) in [6.45, 7) is 4.93. The number of hydrogen-bond acceptors (Lipinski definition) is 5. The Kier molecular flexibility index (Phi) is 62.4. The van der Waals surface area contributed by atoms with Crippen LogP contribution in [0, 0.1) is 0 Å². The molecule has 6 heteroatoms. The Labute approximate surface area is 462 Å². The summed E-state index contributed by atoms with van der Waals surface area (Å²) in [5.74, 6) is -0.0582. The van der Waals surface area contributed by atoms with Gasteiger partial charge >= 0.3 is 5.97 Å². The Morgan fingerprint density at radius 2 is 0.635 bits per heavy atom. The SMILES string of the molecule is CCCCCCCCCCCCCCCCCCCCCC/C=C/C(O)C(CO)NC(=O)CCCCCCCCC/C=C\CCCCCCCCCCCCCCOC(=O)CCCCCCCCCCCCCC. The average Bonchev–Trinajstić information content (AvgIpc) is 3.40. The molecule has 0 aromatic carbocycles. The standard InChI is InChI=1S/C68H131NO5/c1-3-5-7-9-11-13-15-17-18-19-20-21-25-28-31-34-37-40-44-48-52-56-60-66(71)65(64-70)69-67(72)61-57-53-49-45-41-38-35-32-29-26-23-22-24-27-30-33-36-39-43-47-51-55-59-63-74-68(73)62-58-54-50-46-42-16-14-12-10-8-6-4-2/h26,29,56,60,65-66,70-71H,3-25,27-28,30-55,57-59,61-64H2,1-2H3,(H,69,72)/b29-26-,60-56+. The number of amides is 1. The summed E-state index contributed by atoms with van der Waals surface area (Å²) in [7, 11) is 0. The summed E-state index contributed by atoms with van der Waals surface area (Å²) in [6, 6.07) is -0.633. The zero-order chi connectivity index (χ0) is 53.6. The van der Waals surface area contributed by atoms with Crippen LogP contribution in [0.5, 0.6) is 0 Å². The number of aliphatic hydroxyl groups excluding tert-OH is 2. The fraction of sp³-hybridized carbons (Fsp3) is 0.912. The maximum atomic E-state index is 12.5. The van der Waals surface area contributed by atoms with Gasteiger partial charge in [0, 0.05) is 12.8 Å². The van der Waals surface area contributed by atoms with Gasteiger partial charge in [-0.25, -0.2) is 0 Å². The number of unbranched alkanes of at least 4 members (excludes halogenated alkanes) is 50. The lowest BCUT2D eigenvalue weighted by Crippen LogP contribution is -2.45. The molecule has 2 atom stereocenters. The highest BCUT2D eigenvalue weighted by Gasteiger charge is 2.18. The van der Waals surface area contributed by atoms with Gasteiger partial charge in [-0.1, -0.05) is 327 Å². The Morgan fingerprint density at radius 3 is 0.959 bits per heavy atom. The van der Waals surface area contributed by atoms with Gasteiger partial charge in [-0.3, -0.25) is 9.59 Å². The van der Waals surface area contributed by atoms with Crippen LogP contribution in [0.4, 0.5) is 0 Å². The zero-order valence-corrected chi connectivity index (χ0v) is 50.1. The van der Waals surface area contributed by atoms with Crippen LogP contribution in [0.2, 0.25) is 0 Å². The number of allylic oxidation sites excluding steroid dienone is 3. The molecule has 0 aliphatic carbocycles. The van der Waals surface area contributed by atoms with Crippen molar-refractivity contribution in [2.45, 2.75) is 386 Å². The molecule has 3 N–H and O–H groups in total. The molecule has 0 aliphatic rings. The molecule has 0 bridgehead atoms. The van der Waals surface area contributed by atoms with E-state index in [1.165, 1.54) is 302 Å². The largest absolute Gasteiger partial charge is 0.466 e. The second kappa shape index (κ2) is 63.9. The summed E-state index contributed by atoms with van der Waals surface area (Å²) in [6.07, 6.45) is 79.5. The van der Waals surface area contributed by atoms with E-state index in [1.54, 1.807) is 6.08 Å². The lowest BCUT2D eigenvalue weighted by Gasteiger charge is -2.20. The third-order valence-corrected chi connectivity index (χ3v) is 15.7. The van der Waals surface area contributed by atoms with E-state index >= 15 is 0 Å². The monoisotopic (exact) mass is 1040 g/mol. The summed E-state index contributed by atoms with van der Waals surface area (Å²) < 4.78 is 5.48. The molecule has 6 nitrogen and oxygen atoms in total. The molecule has 0 rings (SSSR count). The second-order valence-corrected chi connectivity index (χ2v) is 23.2. The molecule has 0 aliphatic heterocycles. The number of ether oxygens (including phenoxy) is 1. The minimum atomic E-state index is -0.849. The number of hydrogen-bond donors (Lipinski definition) is 3. The van der Waals surface area contributed by atoms with Crippen LogP contribution in [0.1, 0.15) is 373 Å². The first-order valence-electron chi connectivity index (χ1n) is 33.6. The number of rotatable bonds is 63. The van der Waals surface area contributed by atoms with E-state index in [9.17, 15) is 19.8 Å². The van der Waals surface area contributed by atoms with Crippen LogP contribution < -0.4 is 5.32 Å². The summed E-state index contributed by atoms with van der Waals surface area (Å²) in [5, 5.41) is 23.2. The Balaban J connectivity index is 3.44. The van der Waals surface area contributed by atoms with Crippen LogP contribution in [0.3, 0.4) is 0 Å². The van der Waals surface area contributed by atoms with E-state index in [0.29, 0.717) is 19.4 Å². The molecular formula is C68H131NO5. The molecule has 0 spiro atoms. The first-order valence-corrected chi connectivity index (χ1v) is 33.6. The van der Waals surface area contributed by atoms with Crippen molar-refractivity contribution >= 4 is 11.9 Å². The number of nitrogens with one attached hydrogen (secondary N) is 1. The molecule has 0 heterocycles. The molecule has 2 unspecified atom stereocenters. The smallest absolute Gasteiger partial charge is 0.305 e. The van der Waals surface area contributed by atoms with E-state index in [1.807, 2.05) is 6.08 Å². The van der Waals surface area contributed by atoms with Gasteiger partial charge < -0.3 is 20.3 Å². The molecule has 1 amide bonds. The van der Waals surface area contributed by atoms with Crippen molar-refractivity contribution in [2.24, 2.45) is 0 Å². The fourth-order valence-electron chi connectivity index (χ4n) is 10.6. The van der Waals surface area contributed by atoms with E-state index in [4.69, 9.17) is 4.74 Å². The van der Waals surface area contributed by atoms with Crippen molar-refractivity contribution in [1.82, 2.24) is 5.32 Å². The third kappa shape index (κ3) is 59.6. The van der Waals surface area contributed by atoms with Crippen LogP contribution in [0.25, 0.3) is 0 Å².